The van der Waals surface area contributed by atoms with Crippen LogP contribution in [0.3, 0.4) is 0 Å². The van der Waals surface area contributed by atoms with E-state index >= 15 is 0 Å². The average molecular weight is 535 g/mol. The second-order valence-electron chi connectivity index (χ2n) is 6.77. The van der Waals surface area contributed by atoms with Gasteiger partial charge in [-0.2, -0.15) is 35.0 Å². The maximum absolute atomic E-state index is 2.27. The topological polar surface area (TPSA) is 0 Å². The van der Waals surface area contributed by atoms with Crippen LogP contribution in [0.25, 0.3) is 21.5 Å². The maximum atomic E-state index is 2.27. The van der Waals surface area contributed by atoms with E-state index in [4.69, 9.17) is 0 Å². The van der Waals surface area contributed by atoms with Gasteiger partial charge in [0, 0.05) is 9.52 Å². The first-order valence-corrected chi connectivity index (χ1v) is 11.7. The van der Waals surface area contributed by atoms with Crippen LogP contribution in [0.15, 0.2) is 84.9 Å². The fraction of sp³-hybridized carbons (Fsp3) is 0.308. The normalized spacial score (nSPS) is 9.13. The molecule has 0 bridgehead atoms. The Morgan fingerprint density at radius 1 is 0.633 bits per heavy atom. The van der Waals surface area contributed by atoms with Crippen LogP contribution in [-0.2, 0) is 26.2 Å². The molecule has 0 aliphatic carbocycles. The van der Waals surface area contributed by atoms with E-state index in [9.17, 15) is 0 Å². The summed E-state index contributed by atoms with van der Waals surface area (Å²) in [6, 6.07) is 32.3. The number of unbranched alkanes of at least 4 members (excludes halogenated alkanes) is 2. The van der Waals surface area contributed by atoms with Gasteiger partial charge in [0.05, 0.1) is 0 Å². The van der Waals surface area contributed by atoms with Crippen LogP contribution < -0.4 is 24.8 Å². The van der Waals surface area contributed by atoms with Crippen LogP contribution in [0, 0.1) is 0 Å². The van der Waals surface area contributed by atoms with Gasteiger partial charge >= 0.3 is 26.2 Å². The minimum atomic E-state index is 0. The molecule has 0 unspecified atom stereocenters. The number of halogens is 2. The molecule has 30 heavy (non-hydrogen) atoms. The Kier molecular flexibility index (Phi) is 21.3. The van der Waals surface area contributed by atoms with Gasteiger partial charge in [0.1, 0.15) is 0 Å². The molecule has 0 nitrogen and oxygen atoms in total. The first-order chi connectivity index (χ1) is 13.3. The average Bonchev–Trinajstić information content (AvgIpc) is 3.38. The Hall–Kier alpha value is -0.660. The number of benzene rings is 2. The first kappa shape index (κ1) is 31.5. The molecule has 2 radical (unpaired) electrons. The van der Waals surface area contributed by atoms with Crippen molar-refractivity contribution >= 4 is 31.1 Å². The van der Waals surface area contributed by atoms with E-state index in [1.54, 1.807) is 0 Å². The van der Waals surface area contributed by atoms with Gasteiger partial charge in [-0.3, -0.25) is 0 Å². The van der Waals surface area contributed by atoms with E-state index in [1.165, 1.54) is 68.8 Å². The van der Waals surface area contributed by atoms with Crippen molar-refractivity contribution in [3.05, 3.63) is 84.9 Å². The summed E-state index contributed by atoms with van der Waals surface area (Å²) in [5.74, 6) is 0. The van der Waals surface area contributed by atoms with Crippen molar-refractivity contribution in [3.63, 3.8) is 0 Å². The third-order valence-corrected chi connectivity index (χ3v) is 5.92. The monoisotopic (exact) mass is 532 g/mol. The molecule has 158 valence electrons. The Morgan fingerprint density at radius 3 is 1.40 bits per heavy atom. The molecule has 0 aliphatic rings. The van der Waals surface area contributed by atoms with Crippen LogP contribution in [0.4, 0.5) is 0 Å². The van der Waals surface area contributed by atoms with E-state index in [-0.39, 0.29) is 51.0 Å². The summed E-state index contributed by atoms with van der Waals surface area (Å²) in [5.41, 5.74) is 0. The Balaban J connectivity index is 0. The summed E-state index contributed by atoms with van der Waals surface area (Å²) in [4.78, 5) is 0. The number of fused-ring (bicyclic) bond motifs is 2. The molecular weight excluding hydrogens is 503 g/mol. The number of rotatable bonds is 6. The van der Waals surface area contributed by atoms with Gasteiger partial charge in [0.15, 0.2) is 0 Å². The molecular formula is C26H32Cl2SiZr. The van der Waals surface area contributed by atoms with E-state index in [2.05, 4.69) is 98.8 Å². The van der Waals surface area contributed by atoms with Crippen molar-refractivity contribution in [1.29, 1.82) is 0 Å². The second-order valence-corrected chi connectivity index (χ2v) is 8.27. The summed E-state index contributed by atoms with van der Waals surface area (Å²) >= 11 is 0. The van der Waals surface area contributed by atoms with Crippen LogP contribution >= 0.6 is 0 Å². The van der Waals surface area contributed by atoms with Crippen molar-refractivity contribution in [2.45, 2.75) is 51.6 Å². The van der Waals surface area contributed by atoms with Gasteiger partial charge in [-0.1, -0.05) is 63.8 Å². The molecule has 0 fully saturated rings. The molecule has 0 N–H and O–H groups in total. The van der Waals surface area contributed by atoms with Gasteiger partial charge in [-0.25, -0.2) is 0 Å². The molecule has 4 rings (SSSR count). The summed E-state index contributed by atoms with van der Waals surface area (Å²) in [7, 11) is 1.25. The fourth-order valence-electron chi connectivity index (χ4n) is 2.87. The largest absolute Gasteiger partial charge is 4.00 e. The molecule has 0 spiro atoms. The third kappa shape index (κ3) is 12.3. The first-order valence-electron chi connectivity index (χ1n) is 10.3. The predicted octanol–water partition coefficient (Wildman–Crippen LogP) is 2.25. The van der Waals surface area contributed by atoms with Crippen molar-refractivity contribution in [3.8, 4) is 0 Å². The third-order valence-electron chi connectivity index (χ3n) is 4.51. The zero-order valence-electron chi connectivity index (χ0n) is 18.1. The quantitative estimate of drug-likeness (QED) is 0.202. The molecule has 0 saturated heterocycles. The number of hydrogen-bond donors (Lipinski definition) is 0. The molecule has 0 atom stereocenters. The Bertz CT molecular complexity index is 737. The van der Waals surface area contributed by atoms with Crippen molar-refractivity contribution in [1.82, 2.24) is 0 Å². The molecule has 0 saturated carbocycles. The predicted molar refractivity (Wildman–Crippen MR) is 124 cm³/mol. The van der Waals surface area contributed by atoms with Gasteiger partial charge in [0.25, 0.3) is 0 Å². The van der Waals surface area contributed by atoms with E-state index in [0.717, 1.165) is 0 Å². The zero-order valence-corrected chi connectivity index (χ0v) is 23.1. The summed E-state index contributed by atoms with van der Waals surface area (Å²) in [6.45, 7) is 4.54. The van der Waals surface area contributed by atoms with Crippen molar-refractivity contribution in [2.75, 3.05) is 0 Å². The van der Waals surface area contributed by atoms with Crippen LogP contribution in [0.5, 0.6) is 0 Å². The molecule has 4 heteroatoms. The summed E-state index contributed by atoms with van der Waals surface area (Å²) in [6.07, 6.45) is 5.64. The fourth-order valence-corrected chi connectivity index (χ4v) is 4.33. The molecule has 4 aromatic rings. The number of hydrogen-bond acceptors (Lipinski definition) is 0. The van der Waals surface area contributed by atoms with Gasteiger partial charge in [-0.15, -0.1) is 59.3 Å². The smallest absolute Gasteiger partial charge is 1.00 e. The van der Waals surface area contributed by atoms with Crippen LogP contribution in [0.1, 0.15) is 39.5 Å². The Labute approximate surface area is 217 Å². The molecule has 0 aromatic heterocycles. The maximum Gasteiger partial charge on any atom is 4.00 e. The van der Waals surface area contributed by atoms with Crippen molar-refractivity contribution in [2.24, 2.45) is 0 Å². The van der Waals surface area contributed by atoms with Gasteiger partial charge in [0.2, 0.25) is 0 Å². The van der Waals surface area contributed by atoms with E-state index in [1.807, 2.05) is 0 Å². The zero-order chi connectivity index (χ0) is 19.2. The molecule has 4 aromatic carbocycles. The SMILES string of the molecule is CCCC[Si]CCCC.[Cl-].[Cl-].[Zr+4].c1ccc2[cH-]ccc2c1.c1ccc2[cH-]ccc2c1. The second kappa shape index (κ2) is 20.3. The summed E-state index contributed by atoms with van der Waals surface area (Å²) < 4.78 is 0. The van der Waals surface area contributed by atoms with E-state index < -0.39 is 0 Å². The molecule has 0 heterocycles. The van der Waals surface area contributed by atoms with Gasteiger partial charge < -0.3 is 24.8 Å². The van der Waals surface area contributed by atoms with Crippen molar-refractivity contribution < 1.29 is 51.0 Å². The molecule has 0 aliphatic heterocycles. The van der Waals surface area contributed by atoms with E-state index in [0.29, 0.717) is 0 Å². The standard InChI is InChI=1S/2C9H7.C8H18Si.2ClH.Zr/c2*1-2-5-9-7-3-6-8(9)4-1;1-3-5-7-9-8-6-4-2;;;/h2*1-7H;3-8H2,1-2H3;2*1H;/q2*-1;;;;+4/p-2. The Morgan fingerprint density at radius 2 is 1.03 bits per heavy atom. The summed E-state index contributed by atoms with van der Waals surface area (Å²) in [5, 5.41) is 5.32. The minimum absolute atomic E-state index is 0. The minimum Gasteiger partial charge on any atom is -1.00 e. The molecule has 0 amide bonds. The van der Waals surface area contributed by atoms with Gasteiger partial charge in [-0.05, 0) is 0 Å². The van der Waals surface area contributed by atoms with Crippen LogP contribution in [0.2, 0.25) is 12.1 Å². The van der Waals surface area contributed by atoms with Crippen LogP contribution in [-0.4, -0.2) is 9.52 Å².